The molecule has 0 atom stereocenters. The number of hydrogen-bond donors (Lipinski definition) is 2. The first kappa shape index (κ1) is 12.9. The fourth-order valence-corrected chi connectivity index (χ4v) is 3.08. The number of nitrogen functional groups attached to an aromatic ring is 1. The minimum atomic E-state index is 0.692. The van der Waals surface area contributed by atoms with Gasteiger partial charge in [-0.2, -0.15) is 0 Å². The summed E-state index contributed by atoms with van der Waals surface area (Å²) in [7, 11) is 0. The molecular formula is C14H21BrN2. The van der Waals surface area contributed by atoms with Crippen molar-refractivity contribution in [2.24, 2.45) is 0 Å². The zero-order chi connectivity index (χ0) is 12.1. The molecule has 0 aromatic heterocycles. The van der Waals surface area contributed by atoms with Crippen molar-refractivity contribution in [1.29, 1.82) is 0 Å². The van der Waals surface area contributed by atoms with Crippen molar-refractivity contribution >= 4 is 21.6 Å². The minimum absolute atomic E-state index is 0.692. The second-order valence-corrected chi connectivity index (χ2v) is 5.88. The molecule has 1 aromatic carbocycles. The molecule has 0 saturated heterocycles. The number of anilines is 1. The molecule has 2 nitrogen and oxygen atoms in total. The number of benzene rings is 1. The molecule has 2 rings (SSSR count). The fraction of sp³-hybridized carbons (Fsp3) is 0.571. The van der Waals surface area contributed by atoms with E-state index in [0.29, 0.717) is 6.04 Å². The van der Waals surface area contributed by atoms with Crippen molar-refractivity contribution in [1.82, 2.24) is 5.32 Å². The normalized spacial score (nSPS) is 17.9. The van der Waals surface area contributed by atoms with Crippen LogP contribution in [0, 0.1) is 0 Å². The first-order valence-electron chi connectivity index (χ1n) is 6.52. The molecule has 3 heteroatoms. The van der Waals surface area contributed by atoms with Gasteiger partial charge in [-0.05, 0) is 36.6 Å². The molecule has 1 aliphatic rings. The summed E-state index contributed by atoms with van der Waals surface area (Å²) in [6, 6.07) is 6.82. The smallest absolute Gasteiger partial charge is 0.0328 e. The van der Waals surface area contributed by atoms with E-state index < -0.39 is 0 Å². The minimum Gasteiger partial charge on any atom is -0.399 e. The van der Waals surface area contributed by atoms with Crippen LogP contribution in [0.5, 0.6) is 0 Å². The Morgan fingerprint density at radius 1 is 1.12 bits per heavy atom. The van der Waals surface area contributed by atoms with Crippen LogP contribution in [0.1, 0.15) is 44.1 Å². The van der Waals surface area contributed by atoms with Crippen LogP contribution >= 0.6 is 15.9 Å². The van der Waals surface area contributed by atoms with Crippen LogP contribution in [0.3, 0.4) is 0 Å². The number of nitrogens with two attached hydrogens (primary N) is 1. The summed E-state index contributed by atoms with van der Waals surface area (Å²) < 4.78 is 1.06. The molecule has 94 valence electrons. The summed E-state index contributed by atoms with van der Waals surface area (Å²) in [6.07, 6.45) is 8.20. The van der Waals surface area contributed by atoms with Crippen molar-refractivity contribution in [3.63, 3.8) is 0 Å². The molecule has 0 heterocycles. The summed E-state index contributed by atoms with van der Waals surface area (Å²) in [5, 5.41) is 3.66. The summed E-state index contributed by atoms with van der Waals surface area (Å²) in [5.74, 6) is 0. The van der Waals surface area contributed by atoms with Crippen LogP contribution in [0.25, 0.3) is 0 Å². The van der Waals surface area contributed by atoms with Crippen LogP contribution < -0.4 is 11.1 Å². The highest BCUT2D eigenvalue weighted by molar-refractivity contribution is 9.10. The molecule has 0 aliphatic heterocycles. The Balaban J connectivity index is 1.87. The Kier molecular flexibility index (Phi) is 4.86. The van der Waals surface area contributed by atoms with E-state index in [9.17, 15) is 0 Å². The molecular weight excluding hydrogens is 276 g/mol. The Morgan fingerprint density at radius 3 is 2.47 bits per heavy atom. The molecule has 0 spiro atoms. The summed E-state index contributed by atoms with van der Waals surface area (Å²) in [6.45, 7) is 0.925. The largest absolute Gasteiger partial charge is 0.399 e. The van der Waals surface area contributed by atoms with Crippen LogP contribution in [0.4, 0.5) is 5.69 Å². The van der Waals surface area contributed by atoms with E-state index in [-0.39, 0.29) is 0 Å². The van der Waals surface area contributed by atoms with Crippen LogP contribution in [-0.2, 0) is 6.54 Å². The lowest BCUT2D eigenvalue weighted by atomic mass is 10.1. The molecule has 1 aliphatic carbocycles. The van der Waals surface area contributed by atoms with Crippen molar-refractivity contribution in [2.75, 3.05) is 5.73 Å². The van der Waals surface area contributed by atoms with E-state index in [1.54, 1.807) is 0 Å². The molecule has 17 heavy (non-hydrogen) atoms. The Hall–Kier alpha value is -0.540. The maximum Gasteiger partial charge on any atom is 0.0328 e. The van der Waals surface area contributed by atoms with E-state index in [2.05, 4.69) is 33.4 Å². The van der Waals surface area contributed by atoms with Gasteiger partial charge in [-0.3, -0.25) is 0 Å². The average molecular weight is 297 g/mol. The Bertz CT molecular complexity index is 337. The first-order valence-corrected chi connectivity index (χ1v) is 7.31. The monoisotopic (exact) mass is 296 g/mol. The quantitative estimate of drug-likeness (QED) is 0.657. The Morgan fingerprint density at radius 2 is 1.82 bits per heavy atom. The molecule has 1 fully saturated rings. The summed E-state index contributed by atoms with van der Waals surface area (Å²) >= 11 is 3.48. The molecule has 0 radical (unpaired) electrons. The number of rotatable bonds is 3. The number of hydrogen-bond acceptors (Lipinski definition) is 2. The lowest BCUT2D eigenvalue weighted by Crippen LogP contribution is -2.27. The van der Waals surface area contributed by atoms with Crippen molar-refractivity contribution < 1.29 is 0 Å². The topological polar surface area (TPSA) is 38.0 Å². The second-order valence-electron chi connectivity index (χ2n) is 4.96. The van der Waals surface area contributed by atoms with Gasteiger partial charge in [-0.25, -0.2) is 0 Å². The van der Waals surface area contributed by atoms with E-state index in [4.69, 9.17) is 5.73 Å². The van der Waals surface area contributed by atoms with E-state index in [1.807, 2.05) is 6.07 Å². The Labute approximate surface area is 112 Å². The highest BCUT2D eigenvalue weighted by atomic mass is 79.9. The van der Waals surface area contributed by atoms with Gasteiger partial charge in [0.15, 0.2) is 0 Å². The van der Waals surface area contributed by atoms with Gasteiger partial charge in [0, 0.05) is 22.7 Å². The van der Waals surface area contributed by atoms with E-state index in [1.165, 1.54) is 44.1 Å². The zero-order valence-electron chi connectivity index (χ0n) is 10.2. The van der Waals surface area contributed by atoms with Crippen LogP contribution in [0.2, 0.25) is 0 Å². The van der Waals surface area contributed by atoms with Crippen molar-refractivity contribution in [3.05, 3.63) is 28.2 Å². The van der Waals surface area contributed by atoms with Gasteiger partial charge >= 0.3 is 0 Å². The summed E-state index contributed by atoms with van der Waals surface area (Å²) in [4.78, 5) is 0. The molecule has 1 saturated carbocycles. The highest BCUT2D eigenvalue weighted by Crippen LogP contribution is 2.20. The second kappa shape index (κ2) is 6.41. The maximum absolute atomic E-state index is 5.84. The lowest BCUT2D eigenvalue weighted by Gasteiger charge is -2.16. The third kappa shape index (κ3) is 4.32. The number of nitrogens with one attached hydrogen (secondary N) is 1. The third-order valence-corrected chi connectivity index (χ3v) is 3.89. The van der Waals surface area contributed by atoms with Gasteiger partial charge in [0.25, 0.3) is 0 Å². The standard InChI is InChI=1S/C14H21BrN2/c15-12-7-11(8-13(16)9-12)10-17-14-5-3-1-2-4-6-14/h7-9,14,17H,1-6,10,16H2. The van der Waals surface area contributed by atoms with Crippen LogP contribution in [-0.4, -0.2) is 6.04 Å². The van der Waals surface area contributed by atoms with E-state index in [0.717, 1.165) is 16.7 Å². The SMILES string of the molecule is Nc1cc(Br)cc(CNC2CCCCCC2)c1. The maximum atomic E-state index is 5.84. The molecule has 3 N–H and O–H groups in total. The first-order chi connectivity index (χ1) is 8.24. The third-order valence-electron chi connectivity index (χ3n) is 3.43. The van der Waals surface area contributed by atoms with Gasteiger partial charge in [-0.15, -0.1) is 0 Å². The average Bonchev–Trinajstić information content (AvgIpc) is 2.53. The van der Waals surface area contributed by atoms with Gasteiger partial charge in [0.1, 0.15) is 0 Å². The predicted octanol–water partition coefficient (Wildman–Crippen LogP) is 3.84. The van der Waals surface area contributed by atoms with Crippen molar-refractivity contribution in [3.8, 4) is 0 Å². The van der Waals surface area contributed by atoms with Crippen LogP contribution in [0.15, 0.2) is 22.7 Å². The molecule has 1 aromatic rings. The molecule has 0 bridgehead atoms. The van der Waals surface area contributed by atoms with Crippen molar-refractivity contribution in [2.45, 2.75) is 51.1 Å². The molecule has 0 unspecified atom stereocenters. The predicted molar refractivity (Wildman–Crippen MR) is 76.9 cm³/mol. The molecule has 0 amide bonds. The summed E-state index contributed by atoms with van der Waals surface area (Å²) in [5.41, 5.74) is 7.93. The van der Waals surface area contributed by atoms with Gasteiger partial charge in [-0.1, -0.05) is 41.6 Å². The number of halogens is 1. The van der Waals surface area contributed by atoms with Gasteiger partial charge < -0.3 is 11.1 Å². The lowest BCUT2D eigenvalue weighted by molar-refractivity contribution is 0.459. The highest BCUT2D eigenvalue weighted by Gasteiger charge is 2.11. The zero-order valence-corrected chi connectivity index (χ0v) is 11.8. The van der Waals surface area contributed by atoms with Gasteiger partial charge in [0.2, 0.25) is 0 Å². The van der Waals surface area contributed by atoms with Gasteiger partial charge in [0.05, 0.1) is 0 Å². The fourth-order valence-electron chi connectivity index (χ4n) is 2.52. The van der Waals surface area contributed by atoms with E-state index >= 15 is 0 Å².